The van der Waals surface area contributed by atoms with Gasteiger partial charge in [0.15, 0.2) is 21.4 Å². The van der Waals surface area contributed by atoms with Crippen LogP contribution in [0.2, 0.25) is 0 Å². The zero-order chi connectivity index (χ0) is 17.2. The maximum absolute atomic E-state index is 12.2. The molecule has 0 saturated heterocycles. The number of amides is 1. The normalized spacial score (nSPS) is 11.2. The molecule has 0 aliphatic rings. The number of hydrogen-bond acceptors (Lipinski definition) is 5. The summed E-state index contributed by atoms with van der Waals surface area (Å²) in [7, 11) is -3.29. The van der Waals surface area contributed by atoms with Crippen LogP contribution in [0.5, 0.6) is 0 Å². The van der Waals surface area contributed by atoms with Crippen molar-refractivity contribution in [2.75, 3.05) is 11.6 Å². The standard InChI is InChI=1S/C17H14N2O4S/c1-24(21,22)14-9-7-13(8-10-14)17(20)18-16-11-15(23-19-16)12-5-3-2-4-6-12/h2-11H,1H3,(H,18,19,20). The van der Waals surface area contributed by atoms with E-state index < -0.39 is 15.7 Å². The van der Waals surface area contributed by atoms with E-state index in [9.17, 15) is 13.2 Å². The Balaban J connectivity index is 1.75. The van der Waals surface area contributed by atoms with E-state index in [0.29, 0.717) is 11.3 Å². The summed E-state index contributed by atoms with van der Waals surface area (Å²) >= 11 is 0. The molecule has 1 N–H and O–H groups in total. The molecule has 0 atom stereocenters. The van der Waals surface area contributed by atoms with Crippen molar-refractivity contribution < 1.29 is 17.7 Å². The van der Waals surface area contributed by atoms with Crippen LogP contribution in [0.1, 0.15) is 10.4 Å². The number of sulfone groups is 1. The minimum absolute atomic E-state index is 0.159. The highest BCUT2D eigenvalue weighted by atomic mass is 32.2. The number of carbonyl (C=O) groups is 1. The van der Waals surface area contributed by atoms with Crippen molar-refractivity contribution in [1.82, 2.24) is 5.16 Å². The highest BCUT2D eigenvalue weighted by Crippen LogP contribution is 2.22. The molecule has 7 heteroatoms. The highest BCUT2D eigenvalue weighted by Gasteiger charge is 2.12. The van der Waals surface area contributed by atoms with Gasteiger partial charge in [-0.3, -0.25) is 4.79 Å². The molecule has 0 aliphatic carbocycles. The maximum Gasteiger partial charge on any atom is 0.256 e. The molecule has 1 aromatic heterocycles. The number of anilines is 1. The van der Waals surface area contributed by atoms with Gasteiger partial charge >= 0.3 is 0 Å². The number of benzene rings is 2. The maximum atomic E-state index is 12.2. The summed E-state index contributed by atoms with van der Waals surface area (Å²) in [6, 6.07) is 16.7. The van der Waals surface area contributed by atoms with Gasteiger partial charge in [-0.15, -0.1) is 0 Å². The zero-order valence-corrected chi connectivity index (χ0v) is 13.6. The third-order valence-electron chi connectivity index (χ3n) is 3.35. The van der Waals surface area contributed by atoms with Gasteiger partial charge in [0.2, 0.25) is 0 Å². The molecule has 0 radical (unpaired) electrons. The van der Waals surface area contributed by atoms with Crippen LogP contribution >= 0.6 is 0 Å². The Morgan fingerprint density at radius 1 is 1.04 bits per heavy atom. The topological polar surface area (TPSA) is 89.3 Å². The fraction of sp³-hybridized carbons (Fsp3) is 0.0588. The number of rotatable bonds is 4. The van der Waals surface area contributed by atoms with Crippen LogP contribution in [0, 0.1) is 0 Å². The van der Waals surface area contributed by atoms with Gasteiger partial charge in [-0.1, -0.05) is 35.5 Å². The first-order valence-electron chi connectivity index (χ1n) is 7.07. The third kappa shape index (κ3) is 3.52. The van der Waals surface area contributed by atoms with E-state index in [2.05, 4.69) is 10.5 Å². The number of aromatic nitrogens is 1. The lowest BCUT2D eigenvalue weighted by Crippen LogP contribution is -2.12. The van der Waals surface area contributed by atoms with Gasteiger partial charge in [0, 0.05) is 23.4 Å². The molecule has 0 spiro atoms. The molecule has 6 nitrogen and oxygen atoms in total. The fourth-order valence-corrected chi connectivity index (χ4v) is 2.75. The van der Waals surface area contributed by atoms with Gasteiger partial charge in [-0.2, -0.15) is 0 Å². The van der Waals surface area contributed by atoms with E-state index >= 15 is 0 Å². The van der Waals surface area contributed by atoms with Crippen molar-refractivity contribution in [1.29, 1.82) is 0 Å². The summed E-state index contributed by atoms with van der Waals surface area (Å²) in [5.41, 5.74) is 1.18. The van der Waals surface area contributed by atoms with Crippen LogP contribution in [-0.4, -0.2) is 25.7 Å². The lowest BCUT2D eigenvalue weighted by molar-refractivity contribution is 0.102. The average Bonchev–Trinajstić information content (AvgIpc) is 3.03. The number of hydrogen-bond donors (Lipinski definition) is 1. The molecule has 0 unspecified atom stereocenters. The molecule has 1 heterocycles. The summed E-state index contributed by atoms with van der Waals surface area (Å²) in [6.07, 6.45) is 1.11. The van der Waals surface area contributed by atoms with E-state index in [1.165, 1.54) is 24.3 Å². The monoisotopic (exact) mass is 342 g/mol. The van der Waals surface area contributed by atoms with E-state index in [1.807, 2.05) is 30.3 Å². The summed E-state index contributed by atoms with van der Waals surface area (Å²) in [5.74, 6) is 0.423. The fourth-order valence-electron chi connectivity index (χ4n) is 2.11. The molecule has 24 heavy (non-hydrogen) atoms. The lowest BCUT2D eigenvalue weighted by atomic mass is 10.2. The lowest BCUT2D eigenvalue weighted by Gasteiger charge is -2.02. The molecule has 122 valence electrons. The summed E-state index contributed by atoms with van der Waals surface area (Å²) in [6.45, 7) is 0. The average molecular weight is 342 g/mol. The predicted octanol–water partition coefficient (Wildman–Crippen LogP) is 3.00. The SMILES string of the molecule is CS(=O)(=O)c1ccc(C(=O)Nc2cc(-c3ccccc3)on2)cc1. The minimum atomic E-state index is -3.29. The minimum Gasteiger partial charge on any atom is -0.354 e. The van der Waals surface area contributed by atoms with Gasteiger partial charge in [0.25, 0.3) is 5.91 Å². The van der Waals surface area contributed by atoms with E-state index in [1.54, 1.807) is 6.07 Å². The first kappa shape index (κ1) is 15.9. The summed E-state index contributed by atoms with van der Waals surface area (Å²) in [5, 5.41) is 6.43. The number of nitrogens with zero attached hydrogens (tertiary/aromatic N) is 1. The Labute approximate surface area is 139 Å². The molecular weight excluding hydrogens is 328 g/mol. The van der Waals surface area contributed by atoms with Crippen molar-refractivity contribution in [2.24, 2.45) is 0 Å². The molecule has 3 rings (SSSR count). The van der Waals surface area contributed by atoms with E-state index in [0.717, 1.165) is 11.8 Å². The Morgan fingerprint density at radius 2 is 1.71 bits per heavy atom. The van der Waals surface area contributed by atoms with Gasteiger partial charge in [0.1, 0.15) is 0 Å². The van der Waals surface area contributed by atoms with Crippen LogP contribution in [0.3, 0.4) is 0 Å². The molecule has 0 saturated carbocycles. The number of nitrogens with one attached hydrogen (secondary N) is 1. The molecule has 1 amide bonds. The summed E-state index contributed by atoms with van der Waals surface area (Å²) in [4.78, 5) is 12.3. The van der Waals surface area contributed by atoms with Crippen molar-refractivity contribution in [3.63, 3.8) is 0 Å². The smallest absolute Gasteiger partial charge is 0.256 e. The quantitative estimate of drug-likeness (QED) is 0.787. The zero-order valence-electron chi connectivity index (χ0n) is 12.8. The second kappa shape index (κ2) is 6.29. The molecule has 2 aromatic carbocycles. The van der Waals surface area contributed by atoms with Crippen molar-refractivity contribution in [3.05, 3.63) is 66.2 Å². The van der Waals surface area contributed by atoms with Crippen molar-refractivity contribution >= 4 is 21.6 Å². The van der Waals surface area contributed by atoms with E-state index in [4.69, 9.17) is 4.52 Å². The molecule has 0 fully saturated rings. The van der Waals surface area contributed by atoms with Crippen LogP contribution < -0.4 is 5.32 Å². The Morgan fingerprint density at radius 3 is 2.33 bits per heavy atom. The summed E-state index contributed by atoms with van der Waals surface area (Å²) < 4.78 is 28.0. The van der Waals surface area contributed by atoms with E-state index in [-0.39, 0.29) is 10.7 Å². The molecular formula is C17H14N2O4S. The first-order valence-corrected chi connectivity index (χ1v) is 8.96. The third-order valence-corrected chi connectivity index (χ3v) is 4.48. The van der Waals surface area contributed by atoms with Gasteiger partial charge in [-0.05, 0) is 24.3 Å². The largest absolute Gasteiger partial charge is 0.354 e. The van der Waals surface area contributed by atoms with Gasteiger partial charge < -0.3 is 9.84 Å². The van der Waals surface area contributed by atoms with Crippen LogP contribution in [0.4, 0.5) is 5.82 Å². The van der Waals surface area contributed by atoms with Crippen molar-refractivity contribution in [2.45, 2.75) is 4.90 Å². The highest BCUT2D eigenvalue weighted by molar-refractivity contribution is 7.90. The Bertz CT molecular complexity index is 961. The van der Waals surface area contributed by atoms with Crippen LogP contribution in [-0.2, 0) is 9.84 Å². The molecule has 0 bridgehead atoms. The molecule has 0 aliphatic heterocycles. The van der Waals surface area contributed by atoms with Crippen LogP contribution in [0.15, 0.2) is 70.1 Å². The van der Waals surface area contributed by atoms with Gasteiger partial charge in [-0.25, -0.2) is 8.42 Å². The van der Waals surface area contributed by atoms with Crippen LogP contribution in [0.25, 0.3) is 11.3 Å². The van der Waals surface area contributed by atoms with Gasteiger partial charge in [0.05, 0.1) is 4.90 Å². The second-order valence-electron chi connectivity index (χ2n) is 5.19. The Kier molecular flexibility index (Phi) is 4.18. The Hall–Kier alpha value is -2.93. The second-order valence-corrected chi connectivity index (χ2v) is 7.21. The first-order chi connectivity index (χ1) is 11.4. The predicted molar refractivity (Wildman–Crippen MR) is 89.4 cm³/mol. The number of carbonyl (C=O) groups excluding carboxylic acids is 1. The van der Waals surface area contributed by atoms with Crippen molar-refractivity contribution in [3.8, 4) is 11.3 Å². The molecule has 3 aromatic rings.